The van der Waals surface area contributed by atoms with E-state index in [9.17, 15) is 0 Å². The van der Waals surface area contributed by atoms with Crippen LogP contribution in [0.2, 0.25) is 0 Å². The maximum Gasteiger partial charge on any atom is 0.0829 e. The van der Waals surface area contributed by atoms with Crippen LogP contribution in [-0.4, -0.2) is 68.3 Å². The first kappa shape index (κ1) is 16.2. The molecular weight excluding hydrogens is 250 g/mol. The number of nitrogens with two attached hydrogens (primary N) is 1. The Labute approximate surface area is 124 Å². The first-order chi connectivity index (χ1) is 9.67. The predicted octanol–water partition coefficient (Wildman–Crippen LogP) is 1.40. The van der Waals surface area contributed by atoms with E-state index in [0.29, 0.717) is 6.10 Å². The maximum atomic E-state index is 5.98. The first-order valence-corrected chi connectivity index (χ1v) is 8.43. The molecule has 0 saturated carbocycles. The Hall–Kier alpha value is -0.160. The molecule has 4 nitrogen and oxygen atoms in total. The van der Waals surface area contributed by atoms with Gasteiger partial charge in [-0.05, 0) is 44.2 Å². The largest absolute Gasteiger partial charge is 0.374 e. The zero-order valence-electron chi connectivity index (χ0n) is 13.4. The monoisotopic (exact) mass is 283 g/mol. The molecular formula is C16H33N3O. The molecule has 0 aromatic rings. The third-order valence-corrected chi connectivity index (χ3v) is 4.49. The van der Waals surface area contributed by atoms with Crippen LogP contribution >= 0.6 is 0 Å². The van der Waals surface area contributed by atoms with Crippen molar-refractivity contribution in [2.75, 3.05) is 52.4 Å². The van der Waals surface area contributed by atoms with Gasteiger partial charge in [0.1, 0.15) is 0 Å². The third kappa shape index (κ3) is 5.32. The van der Waals surface area contributed by atoms with Crippen LogP contribution in [0.4, 0.5) is 0 Å². The fourth-order valence-electron chi connectivity index (χ4n) is 3.65. The molecule has 2 rings (SSSR count). The molecule has 0 amide bonds. The van der Waals surface area contributed by atoms with Crippen LogP contribution in [0.1, 0.15) is 33.1 Å². The van der Waals surface area contributed by atoms with Gasteiger partial charge in [-0.3, -0.25) is 4.90 Å². The molecule has 0 aromatic heterocycles. The summed E-state index contributed by atoms with van der Waals surface area (Å²) in [7, 11) is 0. The van der Waals surface area contributed by atoms with Crippen molar-refractivity contribution in [2.24, 2.45) is 17.6 Å². The van der Waals surface area contributed by atoms with E-state index in [4.69, 9.17) is 10.5 Å². The van der Waals surface area contributed by atoms with Crippen molar-refractivity contribution in [1.29, 1.82) is 0 Å². The van der Waals surface area contributed by atoms with E-state index in [-0.39, 0.29) is 0 Å². The summed E-state index contributed by atoms with van der Waals surface area (Å²) in [4.78, 5) is 5.17. The van der Waals surface area contributed by atoms with Gasteiger partial charge in [0, 0.05) is 32.7 Å². The molecule has 0 spiro atoms. The second-order valence-electron chi connectivity index (χ2n) is 6.99. The van der Waals surface area contributed by atoms with Crippen molar-refractivity contribution in [2.45, 2.75) is 39.2 Å². The van der Waals surface area contributed by atoms with Gasteiger partial charge in [-0.2, -0.15) is 0 Å². The van der Waals surface area contributed by atoms with Crippen LogP contribution < -0.4 is 5.73 Å². The molecule has 2 unspecified atom stereocenters. The fraction of sp³-hybridized carbons (Fsp3) is 1.00. The lowest BCUT2D eigenvalue weighted by Crippen LogP contribution is -2.50. The lowest BCUT2D eigenvalue weighted by atomic mass is 9.94. The Morgan fingerprint density at radius 2 is 2.05 bits per heavy atom. The van der Waals surface area contributed by atoms with E-state index in [1.165, 1.54) is 38.9 Å². The molecule has 20 heavy (non-hydrogen) atoms. The van der Waals surface area contributed by atoms with Gasteiger partial charge < -0.3 is 15.4 Å². The maximum absolute atomic E-state index is 5.98. The summed E-state index contributed by atoms with van der Waals surface area (Å²) in [5.74, 6) is 1.56. The van der Waals surface area contributed by atoms with Crippen LogP contribution in [0, 0.1) is 11.8 Å². The van der Waals surface area contributed by atoms with Gasteiger partial charge in [0.2, 0.25) is 0 Å². The number of nitrogens with zero attached hydrogens (tertiary/aromatic N) is 2. The fourth-order valence-corrected chi connectivity index (χ4v) is 3.65. The molecule has 0 aliphatic carbocycles. The molecule has 0 aromatic carbocycles. The SMILES string of the molecule is CC(C)CN1CCOC(CN2CCCC(CCN)C2)C1. The minimum atomic E-state index is 0.402. The number of ether oxygens (including phenoxy) is 1. The molecule has 2 saturated heterocycles. The summed E-state index contributed by atoms with van der Waals surface area (Å²) in [6.45, 7) is 13.3. The average molecular weight is 283 g/mol. The van der Waals surface area contributed by atoms with Crippen molar-refractivity contribution < 1.29 is 4.74 Å². The molecule has 2 aliphatic heterocycles. The van der Waals surface area contributed by atoms with Crippen LogP contribution in [-0.2, 0) is 4.74 Å². The lowest BCUT2D eigenvalue weighted by Gasteiger charge is -2.39. The molecule has 2 aliphatic rings. The van der Waals surface area contributed by atoms with Crippen LogP contribution in [0.5, 0.6) is 0 Å². The Kier molecular flexibility index (Phi) is 6.75. The van der Waals surface area contributed by atoms with Crippen molar-refractivity contribution in [3.05, 3.63) is 0 Å². The molecule has 118 valence electrons. The average Bonchev–Trinajstić information content (AvgIpc) is 2.39. The number of likely N-dealkylation sites (tertiary alicyclic amines) is 1. The molecule has 4 heteroatoms. The predicted molar refractivity (Wildman–Crippen MR) is 83.9 cm³/mol. The van der Waals surface area contributed by atoms with Gasteiger partial charge in [-0.1, -0.05) is 13.8 Å². The summed E-state index contributed by atoms with van der Waals surface area (Å²) < 4.78 is 5.98. The first-order valence-electron chi connectivity index (χ1n) is 8.43. The molecule has 2 heterocycles. The van der Waals surface area contributed by atoms with Gasteiger partial charge in [-0.15, -0.1) is 0 Å². The molecule has 2 atom stereocenters. The zero-order valence-corrected chi connectivity index (χ0v) is 13.4. The van der Waals surface area contributed by atoms with Crippen LogP contribution in [0.15, 0.2) is 0 Å². The number of morpholine rings is 1. The molecule has 0 bridgehead atoms. The minimum absolute atomic E-state index is 0.402. The minimum Gasteiger partial charge on any atom is -0.374 e. The molecule has 2 fully saturated rings. The highest BCUT2D eigenvalue weighted by atomic mass is 16.5. The zero-order chi connectivity index (χ0) is 14.4. The Morgan fingerprint density at radius 1 is 1.20 bits per heavy atom. The second-order valence-corrected chi connectivity index (χ2v) is 6.99. The van der Waals surface area contributed by atoms with Crippen LogP contribution in [0.3, 0.4) is 0 Å². The quantitative estimate of drug-likeness (QED) is 0.800. The third-order valence-electron chi connectivity index (χ3n) is 4.49. The van der Waals surface area contributed by atoms with E-state index in [0.717, 1.165) is 44.6 Å². The standard InChI is InChI=1S/C16H33N3O/c1-14(2)10-19-8-9-20-16(13-19)12-18-7-3-4-15(11-18)5-6-17/h14-16H,3-13,17H2,1-2H3. The highest BCUT2D eigenvalue weighted by Gasteiger charge is 2.26. The van der Waals surface area contributed by atoms with Gasteiger partial charge >= 0.3 is 0 Å². The van der Waals surface area contributed by atoms with Gasteiger partial charge in [-0.25, -0.2) is 0 Å². The van der Waals surface area contributed by atoms with Crippen molar-refractivity contribution >= 4 is 0 Å². The summed E-state index contributed by atoms with van der Waals surface area (Å²) in [5, 5.41) is 0. The van der Waals surface area contributed by atoms with E-state index >= 15 is 0 Å². The summed E-state index contributed by atoms with van der Waals surface area (Å²) in [6, 6.07) is 0. The van der Waals surface area contributed by atoms with Gasteiger partial charge in [0.25, 0.3) is 0 Å². The number of hydrogen-bond acceptors (Lipinski definition) is 4. The van der Waals surface area contributed by atoms with E-state index < -0.39 is 0 Å². The number of rotatable bonds is 6. The number of piperidine rings is 1. The Balaban J connectivity index is 1.74. The van der Waals surface area contributed by atoms with E-state index in [2.05, 4.69) is 23.6 Å². The highest BCUT2D eigenvalue weighted by molar-refractivity contribution is 4.79. The number of hydrogen-bond donors (Lipinski definition) is 1. The molecule has 2 N–H and O–H groups in total. The van der Waals surface area contributed by atoms with E-state index in [1.54, 1.807) is 0 Å². The Morgan fingerprint density at radius 3 is 2.80 bits per heavy atom. The van der Waals surface area contributed by atoms with Crippen LogP contribution in [0.25, 0.3) is 0 Å². The van der Waals surface area contributed by atoms with Crippen molar-refractivity contribution in [3.8, 4) is 0 Å². The van der Waals surface area contributed by atoms with E-state index in [1.807, 2.05) is 0 Å². The summed E-state index contributed by atoms with van der Waals surface area (Å²) in [6.07, 6.45) is 4.27. The smallest absolute Gasteiger partial charge is 0.0829 e. The van der Waals surface area contributed by atoms with Gasteiger partial charge in [0.05, 0.1) is 12.7 Å². The highest BCUT2D eigenvalue weighted by Crippen LogP contribution is 2.20. The topological polar surface area (TPSA) is 41.7 Å². The summed E-state index contributed by atoms with van der Waals surface area (Å²) >= 11 is 0. The second kappa shape index (κ2) is 8.32. The van der Waals surface area contributed by atoms with Crippen molar-refractivity contribution in [1.82, 2.24) is 9.80 Å². The van der Waals surface area contributed by atoms with Crippen molar-refractivity contribution in [3.63, 3.8) is 0 Å². The Bertz CT molecular complexity index is 270. The summed E-state index contributed by atoms with van der Waals surface area (Å²) in [5.41, 5.74) is 5.70. The van der Waals surface area contributed by atoms with Gasteiger partial charge in [0.15, 0.2) is 0 Å². The lowest BCUT2D eigenvalue weighted by molar-refractivity contribution is -0.0503. The normalized spacial score (nSPS) is 30.0. The molecule has 0 radical (unpaired) electrons.